The highest BCUT2D eigenvalue weighted by molar-refractivity contribution is 8.00. The monoisotopic (exact) mass is 248 g/mol. The molecule has 92 valence electrons. The lowest BCUT2D eigenvalue weighted by atomic mass is 9.97. The molecule has 1 heterocycles. The van der Waals surface area contributed by atoms with Crippen LogP contribution in [0.15, 0.2) is 35.2 Å². The summed E-state index contributed by atoms with van der Waals surface area (Å²) in [6.45, 7) is 2.23. The van der Waals surface area contributed by atoms with Crippen molar-refractivity contribution in [3.63, 3.8) is 0 Å². The van der Waals surface area contributed by atoms with Crippen LogP contribution in [0.2, 0.25) is 0 Å². The molecule has 0 amide bonds. The Morgan fingerprint density at radius 2 is 1.88 bits per heavy atom. The van der Waals surface area contributed by atoms with Gasteiger partial charge < -0.3 is 4.74 Å². The largest absolute Gasteiger partial charge is 0.371 e. The maximum Gasteiger partial charge on any atom is 0.0808 e. The molecule has 2 aliphatic rings. The van der Waals surface area contributed by atoms with E-state index >= 15 is 0 Å². The van der Waals surface area contributed by atoms with Gasteiger partial charge in [0.1, 0.15) is 0 Å². The van der Waals surface area contributed by atoms with Gasteiger partial charge in [-0.3, -0.25) is 0 Å². The van der Waals surface area contributed by atoms with Gasteiger partial charge in [-0.1, -0.05) is 31.0 Å². The van der Waals surface area contributed by atoms with Gasteiger partial charge in [0.2, 0.25) is 0 Å². The van der Waals surface area contributed by atoms with E-state index in [-0.39, 0.29) is 5.60 Å². The predicted molar refractivity (Wildman–Crippen MR) is 72.5 cm³/mol. The summed E-state index contributed by atoms with van der Waals surface area (Å²) in [5.41, 5.74) is 0.194. The van der Waals surface area contributed by atoms with Crippen molar-refractivity contribution in [3.05, 3.63) is 30.3 Å². The summed E-state index contributed by atoms with van der Waals surface area (Å²) < 4.78 is 6.27. The first-order chi connectivity index (χ1) is 8.28. The Morgan fingerprint density at radius 3 is 2.59 bits per heavy atom. The molecule has 1 saturated heterocycles. The maximum absolute atomic E-state index is 6.27. The lowest BCUT2D eigenvalue weighted by Gasteiger charge is -2.29. The van der Waals surface area contributed by atoms with E-state index < -0.39 is 0 Å². The summed E-state index contributed by atoms with van der Waals surface area (Å²) in [7, 11) is 0. The van der Waals surface area contributed by atoms with Crippen molar-refractivity contribution < 1.29 is 4.74 Å². The number of ether oxygens (including phenoxy) is 1. The van der Waals surface area contributed by atoms with Gasteiger partial charge in [0, 0.05) is 10.1 Å². The first-order valence-corrected chi connectivity index (χ1v) is 7.56. The zero-order chi connectivity index (χ0) is 11.7. The molecule has 1 aromatic carbocycles. The fourth-order valence-electron chi connectivity index (χ4n) is 3.27. The average Bonchev–Trinajstić information content (AvgIpc) is 2.90. The van der Waals surface area contributed by atoms with Crippen LogP contribution in [-0.4, -0.2) is 17.0 Å². The van der Waals surface area contributed by atoms with Gasteiger partial charge in [-0.15, -0.1) is 11.8 Å². The van der Waals surface area contributed by atoms with E-state index in [9.17, 15) is 0 Å². The molecule has 0 N–H and O–H groups in total. The Kier molecular flexibility index (Phi) is 3.18. The highest BCUT2D eigenvalue weighted by Crippen LogP contribution is 2.50. The highest BCUT2D eigenvalue weighted by Gasteiger charge is 2.49. The maximum atomic E-state index is 6.27. The Hall–Kier alpha value is -0.470. The second kappa shape index (κ2) is 4.66. The third-order valence-electron chi connectivity index (χ3n) is 4.04. The van der Waals surface area contributed by atoms with Crippen molar-refractivity contribution in [2.75, 3.05) is 0 Å². The van der Waals surface area contributed by atoms with Crippen LogP contribution in [0, 0.1) is 0 Å². The van der Waals surface area contributed by atoms with Crippen molar-refractivity contribution >= 4 is 11.8 Å². The molecule has 0 aromatic heterocycles. The molecule has 17 heavy (non-hydrogen) atoms. The third kappa shape index (κ3) is 2.25. The fourth-order valence-corrected chi connectivity index (χ4v) is 4.79. The number of hydrogen-bond donors (Lipinski definition) is 0. The van der Waals surface area contributed by atoms with E-state index in [1.54, 1.807) is 0 Å². The molecule has 2 fully saturated rings. The summed E-state index contributed by atoms with van der Waals surface area (Å²) in [4.78, 5) is 1.39. The minimum absolute atomic E-state index is 0.194. The minimum Gasteiger partial charge on any atom is -0.371 e. The molecule has 1 spiro atoms. The molecule has 1 aliphatic carbocycles. The van der Waals surface area contributed by atoms with E-state index in [0.29, 0.717) is 11.4 Å². The quantitative estimate of drug-likeness (QED) is 0.773. The Morgan fingerprint density at radius 1 is 1.18 bits per heavy atom. The lowest BCUT2D eigenvalue weighted by molar-refractivity contribution is -0.0264. The second-order valence-electron chi connectivity index (χ2n) is 5.36. The summed E-state index contributed by atoms with van der Waals surface area (Å²) >= 11 is 2.03. The Labute approximate surface area is 108 Å². The predicted octanol–water partition coefficient (Wildman–Crippen LogP) is 4.27. The Balaban J connectivity index is 1.77. The summed E-state index contributed by atoms with van der Waals surface area (Å²) in [6, 6.07) is 10.8. The van der Waals surface area contributed by atoms with Gasteiger partial charge >= 0.3 is 0 Å². The molecular formula is C15H20OS. The summed E-state index contributed by atoms with van der Waals surface area (Å²) in [5.74, 6) is 0. The fraction of sp³-hybridized carbons (Fsp3) is 0.600. The van der Waals surface area contributed by atoms with Crippen LogP contribution in [0.25, 0.3) is 0 Å². The van der Waals surface area contributed by atoms with Crippen LogP contribution in [-0.2, 0) is 4.74 Å². The van der Waals surface area contributed by atoms with Crippen molar-refractivity contribution in [1.29, 1.82) is 0 Å². The topological polar surface area (TPSA) is 9.23 Å². The second-order valence-corrected chi connectivity index (χ2v) is 6.63. The van der Waals surface area contributed by atoms with Crippen molar-refractivity contribution in [2.45, 2.75) is 60.9 Å². The zero-order valence-corrected chi connectivity index (χ0v) is 11.2. The van der Waals surface area contributed by atoms with Crippen LogP contribution in [0.1, 0.15) is 39.0 Å². The van der Waals surface area contributed by atoms with Gasteiger partial charge in [-0.25, -0.2) is 0 Å². The van der Waals surface area contributed by atoms with E-state index in [2.05, 4.69) is 37.3 Å². The minimum atomic E-state index is 0.194. The molecule has 0 bridgehead atoms. The average molecular weight is 248 g/mol. The van der Waals surface area contributed by atoms with E-state index in [1.807, 2.05) is 11.8 Å². The molecule has 2 atom stereocenters. The first kappa shape index (κ1) is 11.6. The highest BCUT2D eigenvalue weighted by atomic mass is 32.2. The van der Waals surface area contributed by atoms with Gasteiger partial charge in [-0.05, 0) is 38.3 Å². The molecule has 2 heteroatoms. The number of hydrogen-bond acceptors (Lipinski definition) is 2. The Bertz CT molecular complexity index is 370. The zero-order valence-electron chi connectivity index (χ0n) is 10.4. The molecule has 1 saturated carbocycles. The first-order valence-electron chi connectivity index (χ1n) is 6.68. The van der Waals surface area contributed by atoms with Gasteiger partial charge in [0.25, 0.3) is 0 Å². The van der Waals surface area contributed by atoms with Crippen molar-refractivity contribution in [2.24, 2.45) is 0 Å². The molecule has 3 rings (SSSR count). The van der Waals surface area contributed by atoms with Crippen LogP contribution < -0.4 is 0 Å². The molecule has 0 radical (unpaired) electrons. The van der Waals surface area contributed by atoms with E-state index in [4.69, 9.17) is 4.74 Å². The van der Waals surface area contributed by atoms with Gasteiger partial charge in [0.05, 0.1) is 11.7 Å². The van der Waals surface area contributed by atoms with Crippen LogP contribution >= 0.6 is 11.8 Å². The molecule has 1 nitrogen and oxygen atoms in total. The number of thioether (sulfide) groups is 1. The van der Waals surface area contributed by atoms with Crippen LogP contribution in [0.5, 0.6) is 0 Å². The molecular weight excluding hydrogens is 228 g/mol. The van der Waals surface area contributed by atoms with Crippen molar-refractivity contribution in [3.8, 4) is 0 Å². The molecule has 0 unspecified atom stereocenters. The SMILES string of the molecule is C[C@@H]1C[C@@H](Sc2ccccc2)C2(CCCC2)O1. The van der Waals surface area contributed by atoms with Crippen LogP contribution in [0.4, 0.5) is 0 Å². The summed E-state index contributed by atoms with van der Waals surface area (Å²) in [6.07, 6.45) is 6.87. The third-order valence-corrected chi connectivity index (χ3v) is 5.49. The smallest absolute Gasteiger partial charge is 0.0808 e. The lowest BCUT2D eigenvalue weighted by Crippen LogP contribution is -2.34. The normalized spacial score (nSPS) is 31.1. The van der Waals surface area contributed by atoms with Crippen LogP contribution in [0.3, 0.4) is 0 Å². The van der Waals surface area contributed by atoms with Crippen molar-refractivity contribution in [1.82, 2.24) is 0 Å². The van der Waals surface area contributed by atoms with Gasteiger partial charge in [0.15, 0.2) is 0 Å². The molecule has 1 aliphatic heterocycles. The van der Waals surface area contributed by atoms with E-state index in [0.717, 1.165) is 0 Å². The van der Waals surface area contributed by atoms with Gasteiger partial charge in [-0.2, -0.15) is 0 Å². The number of benzene rings is 1. The standard InChI is InChI=1S/C15H20OS/c1-12-11-14(15(16-12)9-5-6-10-15)17-13-7-3-2-4-8-13/h2-4,7-8,12,14H,5-6,9-11H2,1H3/t12-,14-/m1/s1. The number of rotatable bonds is 2. The van der Waals surface area contributed by atoms with E-state index in [1.165, 1.54) is 37.0 Å². The summed E-state index contributed by atoms with van der Waals surface area (Å²) in [5, 5.41) is 0.655. The molecule has 1 aromatic rings.